The fourth-order valence-electron chi connectivity index (χ4n) is 2.70. The van der Waals surface area contributed by atoms with E-state index in [0.717, 1.165) is 0 Å². The molecule has 0 aliphatic carbocycles. The van der Waals surface area contributed by atoms with Crippen LogP contribution in [-0.4, -0.2) is 80.4 Å². The van der Waals surface area contributed by atoms with Gasteiger partial charge in [0, 0.05) is 31.2 Å². The van der Waals surface area contributed by atoms with Gasteiger partial charge in [0.2, 0.25) is 23.6 Å². The third-order valence-electron chi connectivity index (χ3n) is 4.39. The quantitative estimate of drug-likeness (QED) is 0.126. The molecule has 0 fully saturated rings. The lowest BCUT2D eigenvalue weighted by Gasteiger charge is -2.24. The number of primary amides is 1. The van der Waals surface area contributed by atoms with Gasteiger partial charge in [0.15, 0.2) is 0 Å². The predicted molar refractivity (Wildman–Crippen MR) is 110 cm³/mol. The van der Waals surface area contributed by atoms with Gasteiger partial charge >= 0.3 is 11.9 Å². The average Bonchev–Trinajstić information content (AvgIpc) is 3.25. The first kappa shape index (κ1) is 27.0. The van der Waals surface area contributed by atoms with Crippen LogP contribution in [0.1, 0.15) is 31.4 Å². The Morgan fingerprint density at radius 1 is 0.939 bits per heavy atom. The predicted octanol–water partition coefficient (Wildman–Crippen LogP) is -3.42. The van der Waals surface area contributed by atoms with Gasteiger partial charge in [0.05, 0.1) is 12.9 Å². The summed E-state index contributed by atoms with van der Waals surface area (Å²) in [5.74, 6) is -5.93. The van der Waals surface area contributed by atoms with Gasteiger partial charge in [-0.2, -0.15) is 0 Å². The molecule has 10 N–H and O–H groups in total. The molecule has 0 radical (unpaired) electrons. The summed E-state index contributed by atoms with van der Waals surface area (Å²) < 4.78 is 0. The molecule has 1 rings (SSSR count). The second-order valence-corrected chi connectivity index (χ2v) is 7.00. The zero-order valence-electron chi connectivity index (χ0n) is 17.6. The first-order chi connectivity index (χ1) is 15.5. The van der Waals surface area contributed by atoms with E-state index in [4.69, 9.17) is 16.6 Å². The Hall–Kier alpha value is -4.01. The number of nitrogens with one attached hydrogen (secondary N) is 4. The smallest absolute Gasteiger partial charge is 0.326 e. The minimum absolute atomic E-state index is 0.0297. The molecule has 3 unspecified atom stereocenters. The Labute approximate surface area is 187 Å². The number of aromatic nitrogens is 2. The highest BCUT2D eigenvalue weighted by Gasteiger charge is 2.30. The molecule has 0 saturated carbocycles. The summed E-state index contributed by atoms with van der Waals surface area (Å²) >= 11 is 0. The molecule has 0 bridgehead atoms. The molecule has 3 atom stereocenters. The van der Waals surface area contributed by atoms with Crippen molar-refractivity contribution in [2.75, 3.05) is 6.54 Å². The number of aliphatic carboxylic acids is 2. The van der Waals surface area contributed by atoms with Gasteiger partial charge in [-0.15, -0.1) is 0 Å². The highest BCUT2D eigenvalue weighted by molar-refractivity contribution is 5.94. The third kappa shape index (κ3) is 10.2. The first-order valence-electron chi connectivity index (χ1n) is 9.83. The molecule has 0 spiro atoms. The average molecular weight is 469 g/mol. The second-order valence-electron chi connectivity index (χ2n) is 7.00. The van der Waals surface area contributed by atoms with Gasteiger partial charge < -0.3 is 42.6 Å². The molecule has 15 heteroatoms. The van der Waals surface area contributed by atoms with Crippen LogP contribution in [0.2, 0.25) is 0 Å². The molecule has 0 aromatic carbocycles. The van der Waals surface area contributed by atoms with Crippen molar-refractivity contribution in [3.63, 3.8) is 0 Å². The van der Waals surface area contributed by atoms with E-state index < -0.39 is 73.1 Å². The van der Waals surface area contributed by atoms with Crippen molar-refractivity contribution in [3.05, 3.63) is 18.2 Å². The van der Waals surface area contributed by atoms with Gasteiger partial charge in [-0.25, -0.2) is 9.78 Å². The maximum atomic E-state index is 12.8. The number of aromatic amines is 1. The summed E-state index contributed by atoms with van der Waals surface area (Å²) in [6.45, 7) is -0.401. The van der Waals surface area contributed by atoms with Crippen LogP contribution in [0.4, 0.5) is 0 Å². The highest BCUT2D eigenvalue weighted by Crippen LogP contribution is 2.05. The van der Waals surface area contributed by atoms with E-state index in [1.807, 2.05) is 0 Å². The fourth-order valence-corrected chi connectivity index (χ4v) is 2.70. The Balaban J connectivity index is 2.99. The molecule has 4 amide bonds. The largest absolute Gasteiger partial charge is 0.481 e. The Kier molecular flexibility index (Phi) is 11.0. The Bertz CT molecular complexity index is 858. The lowest BCUT2D eigenvalue weighted by Crippen LogP contribution is -2.56. The number of carboxylic acids is 2. The molecule has 1 aromatic rings. The van der Waals surface area contributed by atoms with E-state index >= 15 is 0 Å². The molecule has 1 heterocycles. The Morgan fingerprint density at radius 3 is 2.06 bits per heavy atom. The number of H-pyrrole nitrogens is 1. The maximum absolute atomic E-state index is 12.8. The van der Waals surface area contributed by atoms with Crippen LogP contribution < -0.4 is 27.4 Å². The number of carboxylic acid groups (broad SMARTS) is 2. The summed E-state index contributed by atoms with van der Waals surface area (Å²) in [4.78, 5) is 77.1. The van der Waals surface area contributed by atoms with Crippen LogP contribution in [-0.2, 0) is 35.2 Å². The molecule has 0 aliphatic heterocycles. The number of nitrogens with two attached hydrogens (primary N) is 2. The number of carbonyl (C=O) groups is 6. The van der Waals surface area contributed by atoms with Crippen LogP contribution in [0.3, 0.4) is 0 Å². The van der Waals surface area contributed by atoms with Gasteiger partial charge in [0.25, 0.3) is 0 Å². The maximum Gasteiger partial charge on any atom is 0.326 e. The number of carbonyl (C=O) groups excluding carboxylic acids is 4. The highest BCUT2D eigenvalue weighted by atomic mass is 16.4. The van der Waals surface area contributed by atoms with E-state index in [1.54, 1.807) is 0 Å². The molecule has 0 saturated heterocycles. The topological polar surface area (TPSA) is 260 Å². The second kappa shape index (κ2) is 13.4. The number of hydrogen-bond acceptors (Lipinski definition) is 8. The summed E-state index contributed by atoms with van der Waals surface area (Å²) in [7, 11) is 0. The standard InChI is InChI=1S/C18H27N7O8/c19-6-14(27)23-12(5-9-7-21-8-22-9)17(31)24-10(1-3-13(20)26)16(30)25-11(18(32)33)2-4-15(28)29/h7-8,10-12H,1-6,19H2,(H2,20,26)(H,21,22)(H,23,27)(H,24,31)(H,25,30)(H,28,29)(H,32,33). The van der Waals surface area contributed by atoms with Gasteiger partial charge in [-0.05, 0) is 12.8 Å². The van der Waals surface area contributed by atoms with Crippen molar-refractivity contribution < 1.29 is 39.0 Å². The molecule has 182 valence electrons. The van der Waals surface area contributed by atoms with Gasteiger partial charge in [-0.1, -0.05) is 0 Å². The number of amides is 4. The van der Waals surface area contributed by atoms with Crippen molar-refractivity contribution in [1.29, 1.82) is 0 Å². The van der Waals surface area contributed by atoms with Crippen molar-refractivity contribution in [2.24, 2.45) is 11.5 Å². The van der Waals surface area contributed by atoms with Gasteiger partial charge in [-0.3, -0.25) is 24.0 Å². The van der Waals surface area contributed by atoms with Crippen molar-refractivity contribution in [1.82, 2.24) is 25.9 Å². The van der Waals surface area contributed by atoms with Crippen molar-refractivity contribution in [2.45, 2.75) is 50.2 Å². The monoisotopic (exact) mass is 469 g/mol. The summed E-state index contributed by atoms with van der Waals surface area (Å²) in [6, 6.07) is -4.11. The van der Waals surface area contributed by atoms with E-state index in [1.165, 1.54) is 12.5 Å². The molecule has 15 nitrogen and oxygen atoms in total. The molecule has 33 heavy (non-hydrogen) atoms. The number of hydrogen-bond donors (Lipinski definition) is 8. The van der Waals surface area contributed by atoms with E-state index in [9.17, 15) is 33.9 Å². The van der Waals surface area contributed by atoms with Crippen molar-refractivity contribution >= 4 is 35.6 Å². The van der Waals surface area contributed by atoms with Crippen LogP contribution >= 0.6 is 0 Å². The summed E-state index contributed by atoms with van der Waals surface area (Å²) in [5, 5.41) is 24.9. The molecular formula is C18H27N7O8. The number of nitrogens with zero attached hydrogens (tertiary/aromatic N) is 1. The first-order valence-corrected chi connectivity index (χ1v) is 9.83. The minimum atomic E-state index is -1.54. The normalized spacial score (nSPS) is 13.2. The van der Waals surface area contributed by atoms with Crippen LogP contribution in [0.15, 0.2) is 12.5 Å². The Morgan fingerprint density at radius 2 is 1.55 bits per heavy atom. The molecule has 0 aliphatic rings. The van der Waals surface area contributed by atoms with Crippen LogP contribution in [0.25, 0.3) is 0 Å². The van der Waals surface area contributed by atoms with E-state index in [0.29, 0.717) is 5.69 Å². The van der Waals surface area contributed by atoms with E-state index in [-0.39, 0.29) is 19.3 Å². The lowest BCUT2D eigenvalue weighted by molar-refractivity contribution is -0.143. The zero-order valence-corrected chi connectivity index (χ0v) is 17.6. The van der Waals surface area contributed by atoms with Crippen LogP contribution in [0.5, 0.6) is 0 Å². The molecule has 1 aromatic heterocycles. The summed E-state index contributed by atoms with van der Waals surface area (Å²) in [5.41, 5.74) is 10.9. The van der Waals surface area contributed by atoms with Gasteiger partial charge in [0.1, 0.15) is 18.1 Å². The van der Waals surface area contributed by atoms with E-state index in [2.05, 4.69) is 25.9 Å². The zero-order chi connectivity index (χ0) is 25.0. The molecular weight excluding hydrogens is 442 g/mol. The summed E-state index contributed by atoms with van der Waals surface area (Å²) in [6.07, 6.45) is 1.26. The third-order valence-corrected chi connectivity index (χ3v) is 4.39. The number of rotatable bonds is 15. The lowest BCUT2D eigenvalue weighted by atomic mass is 10.1. The number of imidazole rings is 1. The SMILES string of the molecule is NCC(=O)NC(Cc1cnc[nH]1)C(=O)NC(CCC(N)=O)C(=O)NC(CCC(=O)O)C(=O)O. The van der Waals surface area contributed by atoms with Crippen molar-refractivity contribution in [3.8, 4) is 0 Å². The fraction of sp³-hybridized carbons (Fsp3) is 0.500. The minimum Gasteiger partial charge on any atom is -0.481 e. The van der Waals surface area contributed by atoms with Crippen LogP contribution in [0, 0.1) is 0 Å².